The Morgan fingerprint density at radius 2 is 1.89 bits per heavy atom. The van der Waals surface area contributed by atoms with Crippen molar-refractivity contribution >= 4 is 0 Å². The van der Waals surface area contributed by atoms with Gasteiger partial charge in [0.2, 0.25) is 0 Å². The van der Waals surface area contributed by atoms with E-state index in [0.29, 0.717) is 5.41 Å². The fraction of sp³-hybridized carbons (Fsp3) is 0.857. The standard InChI is InChI=1S/C28H50/c1-8-12-14-25-24(13-9-2)15-16-26(27(25)22(6)11-4)28(18-10-3)19-17-21(5)20-23(28)7/h8,22-27H,1,5,9-20H2,2-4,6-7H3. The highest BCUT2D eigenvalue weighted by molar-refractivity contribution is 5.09. The molecular formula is C28H50. The van der Waals surface area contributed by atoms with Crippen LogP contribution in [0.4, 0.5) is 0 Å². The van der Waals surface area contributed by atoms with Gasteiger partial charge in [-0.15, -0.1) is 6.58 Å². The van der Waals surface area contributed by atoms with E-state index in [9.17, 15) is 0 Å². The highest BCUT2D eigenvalue weighted by Gasteiger charge is 2.52. The van der Waals surface area contributed by atoms with Crippen LogP contribution in [0.15, 0.2) is 24.8 Å². The molecule has 0 aromatic carbocycles. The number of rotatable bonds is 10. The van der Waals surface area contributed by atoms with Crippen LogP contribution in [-0.2, 0) is 0 Å². The lowest BCUT2D eigenvalue weighted by Crippen LogP contribution is -2.50. The second-order valence-corrected chi connectivity index (χ2v) is 10.6. The van der Waals surface area contributed by atoms with Gasteiger partial charge in [0.25, 0.3) is 0 Å². The Kier molecular flexibility index (Phi) is 9.36. The van der Waals surface area contributed by atoms with Gasteiger partial charge < -0.3 is 0 Å². The summed E-state index contributed by atoms with van der Waals surface area (Å²) in [5, 5.41) is 0. The highest BCUT2D eigenvalue weighted by atomic mass is 14.6. The Bertz CT molecular complexity index is 488. The van der Waals surface area contributed by atoms with Crippen LogP contribution < -0.4 is 0 Å². The van der Waals surface area contributed by atoms with E-state index in [2.05, 4.69) is 53.9 Å². The van der Waals surface area contributed by atoms with Gasteiger partial charge in [0.15, 0.2) is 0 Å². The smallest absolute Gasteiger partial charge is 0.0235 e. The molecule has 2 saturated carbocycles. The molecule has 0 spiro atoms. The molecular weight excluding hydrogens is 336 g/mol. The van der Waals surface area contributed by atoms with Gasteiger partial charge in [0, 0.05) is 0 Å². The van der Waals surface area contributed by atoms with Gasteiger partial charge in [0.05, 0.1) is 0 Å². The summed E-state index contributed by atoms with van der Waals surface area (Å²) in [6.45, 7) is 20.9. The SMILES string of the molecule is C=CCCC1C(CCC)CCC(C2(CCC)CCC(=C)CC2C)C1C(C)CC. The van der Waals surface area contributed by atoms with E-state index < -0.39 is 0 Å². The third kappa shape index (κ3) is 4.96. The molecule has 0 nitrogen and oxygen atoms in total. The Balaban J connectivity index is 2.43. The first-order chi connectivity index (χ1) is 13.4. The molecule has 0 saturated heterocycles. The predicted octanol–water partition coefficient (Wildman–Crippen LogP) is 9.22. The Hall–Kier alpha value is -0.520. The number of allylic oxidation sites excluding steroid dienone is 2. The first-order valence-electron chi connectivity index (χ1n) is 12.7. The summed E-state index contributed by atoms with van der Waals surface area (Å²) in [7, 11) is 0. The maximum atomic E-state index is 4.39. The lowest BCUT2D eigenvalue weighted by molar-refractivity contribution is -0.0762. The number of hydrogen-bond donors (Lipinski definition) is 0. The fourth-order valence-corrected chi connectivity index (χ4v) is 7.61. The zero-order valence-electron chi connectivity index (χ0n) is 19.9. The zero-order chi connectivity index (χ0) is 20.7. The average Bonchev–Trinajstić information content (AvgIpc) is 2.68. The molecule has 0 aromatic rings. The van der Waals surface area contributed by atoms with Gasteiger partial charge in [0.1, 0.15) is 0 Å². The van der Waals surface area contributed by atoms with E-state index in [1.165, 1.54) is 82.6 Å². The maximum Gasteiger partial charge on any atom is -0.0235 e. The van der Waals surface area contributed by atoms with Crippen LogP contribution in [0.5, 0.6) is 0 Å². The second-order valence-electron chi connectivity index (χ2n) is 10.6. The molecule has 7 unspecified atom stereocenters. The van der Waals surface area contributed by atoms with Gasteiger partial charge >= 0.3 is 0 Å². The molecule has 0 amide bonds. The predicted molar refractivity (Wildman–Crippen MR) is 126 cm³/mol. The summed E-state index contributed by atoms with van der Waals surface area (Å²) in [5.41, 5.74) is 2.08. The topological polar surface area (TPSA) is 0 Å². The van der Waals surface area contributed by atoms with Crippen molar-refractivity contribution in [3.8, 4) is 0 Å². The van der Waals surface area contributed by atoms with E-state index in [4.69, 9.17) is 0 Å². The molecule has 0 bridgehead atoms. The third-order valence-corrected chi connectivity index (χ3v) is 9.05. The molecule has 2 fully saturated rings. The average molecular weight is 387 g/mol. The fourth-order valence-electron chi connectivity index (χ4n) is 7.61. The number of hydrogen-bond acceptors (Lipinski definition) is 0. The van der Waals surface area contributed by atoms with Gasteiger partial charge in [-0.05, 0) is 92.3 Å². The van der Waals surface area contributed by atoms with Gasteiger partial charge in [-0.1, -0.05) is 78.5 Å². The summed E-state index contributed by atoms with van der Waals surface area (Å²) in [4.78, 5) is 0. The van der Waals surface area contributed by atoms with Gasteiger partial charge in [-0.25, -0.2) is 0 Å². The minimum atomic E-state index is 0.563. The normalized spacial score (nSPS) is 37.6. The molecule has 2 aliphatic carbocycles. The van der Waals surface area contributed by atoms with Crippen LogP contribution in [0.3, 0.4) is 0 Å². The first kappa shape index (κ1) is 23.8. The van der Waals surface area contributed by atoms with E-state index in [0.717, 1.165) is 35.5 Å². The van der Waals surface area contributed by atoms with Crippen LogP contribution in [0, 0.1) is 40.9 Å². The second kappa shape index (κ2) is 11.0. The first-order valence-corrected chi connectivity index (χ1v) is 12.7. The molecule has 162 valence electrons. The van der Waals surface area contributed by atoms with Crippen molar-refractivity contribution in [2.45, 2.75) is 112 Å². The lowest BCUT2D eigenvalue weighted by Gasteiger charge is -2.58. The minimum absolute atomic E-state index is 0.563. The summed E-state index contributed by atoms with van der Waals surface area (Å²) in [6, 6.07) is 0. The summed E-state index contributed by atoms with van der Waals surface area (Å²) < 4.78 is 0. The van der Waals surface area contributed by atoms with Crippen LogP contribution in [0.1, 0.15) is 112 Å². The highest BCUT2D eigenvalue weighted by Crippen LogP contribution is 2.60. The molecule has 2 aliphatic rings. The Morgan fingerprint density at radius 1 is 1.14 bits per heavy atom. The van der Waals surface area contributed by atoms with Crippen molar-refractivity contribution in [1.29, 1.82) is 0 Å². The molecule has 0 N–H and O–H groups in total. The van der Waals surface area contributed by atoms with Crippen LogP contribution in [-0.4, -0.2) is 0 Å². The molecule has 28 heavy (non-hydrogen) atoms. The molecule has 0 heterocycles. The summed E-state index contributed by atoms with van der Waals surface area (Å²) in [5.74, 6) is 5.37. The third-order valence-electron chi connectivity index (χ3n) is 9.05. The molecule has 0 radical (unpaired) electrons. The van der Waals surface area contributed by atoms with Crippen molar-refractivity contribution < 1.29 is 0 Å². The van der Waals surface area contributed by atoms with Gasteiger partial charge in [-0.2, -0.15) is 0 Å². The Morgan fingerprint density at radius 3 is 2.46 bits per heavy atom. The van der Waals surface area contributed by atoms with Crippen molar-refractivity contribution in [2.75, 3.05) is 0 Å². The molecule has 0 heteroatoms. The van der Waals surface area contributed by atoms with Crippen LogP contribution >= 0.6 is 0 Å². The molecule has 2 rings (SSSR count). The van der Waals surface area contributed by atoms with E-state index in [1.807, 2.05) is 0 Å². The van der Waals surface area contributed by atoms with Crippen molar-refractivity contribution in [2.24, 2.45) is 40.9 Å². The Labute approximate surface area is 177 Å². The minimum Gasteiger partial charge on any atom is -0.103 e. The van der Waals surface area contributed by atoms with E-state index in [-0.39, 0.29) is 0 Å². The van der Waals surface area contributed by atoms with Crippen molar-refractivity contribution in [1.82, 2.24) is 0 Å². The van der Waals surface area contributed by atoms with Crippen molar-refractivity contribution in [3.63, 3.8) is 0 Å². The summed E-state index contributed by atoms with van der Waals surface area (Å²) >= 11 is 0. The lowest BCUT2D eigenvalue weighted by atomic mass is 9.47. The molecule has 0 aliphatic heterocycles. The maximum absolute atomic E-state index is 4.39. The van der Waals surface area contributed by atoms with E-state index >= 15 is 0 Å². The van der Waals surface area contributed by atoms with Crippen LogP contribution in [0.25, 0.3) is 0 Å². The quantitative estimate of drug-likeness (QED) is 0.328. The monoisotopic (exact) mass is 386 g/mol. The van der Waals surface area contributed by atoms with Gasteiger partial charge in [-0.3, -0.25) is 0 Å². The van der Waals surface area contributed by atoms with Crippen molar-refractivity contribution in [3.05, 3.63) is 24.8 Å². The molecule has 7 atom stereocenters. The summed E-state index contributed by atoms with van der Waals surface area (Å²) in [6.07, 6.45) is 18.6. The zero-order valence-corrected chi connectivity index (χ0v) is 19.9. The van der Waals surface area contributed by atoms with Crippen LogP contribution in [0.2, 0.25) is 0 Å². The largest absolute Gasteiger partial charge is 0.103 e. The molecule has 0 aromatic heterocycles. The van der Waals surface area contributed by atoms with E-state index in [1.54, 1.807) is 0 Å².